The molecule has 2 N–H and O–H groups in total. The molecule has 5 nitrogen and oxygen atoms in total. The van der Waals surface area contributed by atoms with E-state index in [9.17, 15) is 4.79 Å². The Hall–Kier alpha value is -3.21. The fourth-order valence-electron chi connectivity index (χ4n) is 2.68. The molecular formula is C21H22N4O. The van der Waals surface area contributed by atoms with E-state index >= 15 is 0 Å². The Kier molecular flexibility index (Phi) is 4.98. The Morgan fingerprint density at radius 3 is 2.42 bits per heavy atom. The quantitative estimate of drug-likeness (QED) is 0.718. The van der Waals surface area contributed by atoms with Crippen LogP contribution in [0.1, 0.15) is 33.0 Å². The van der Waals surface area contributed by atoms with Crippen molar-refractivity contribution in [1.29, 1.82) is 0 Å². The highest BCUT2D eigenvalue weighted by Gasteiger charge is 2.12. The van der Waals surface area contributed by atoms with E-state index in [4.69, 9.17) is 0 Å². The number of aromatic nitrogens is 2. The predicted molar refractivity (Wildman–Crippen MR) is 105 cm³/mol. The van der Waals surface area contributed by atoms with E-state index < -0.39 is 0 Å². The molecule has 0 bridgehead atoms. The summed E-state index contributed by atoms with van der Waals surface area (Å²) in [5.74, 6) is 0.875. The Morgan fingerprint density at radius 1 is 0.885 bits per heavy atom. The summed E-state index contributed by atoms with van der Waals surface area (Å²) in [4.78, 5) is 21.3. The van der Waals surface area contributed by atoms with Gasteiger partial charge in [0.25, 0.3) is 5.91 Å². The maximum atomic E-state index is 12.7. The fourth-order valence-corrected chi connectivity index (χ4v) is 2.68. The first-order chi connectivity index (χ1) is 12.4. The molecule has 3 aromatic rings. The molecule has 0 spiro atoms. The number of nitrogens with zero attached hydrogens (tertiary/aromatic N) is 2. The van der Waals surface area contributed by atoms with Crippen molar-refractivity contribution >= 4 is 23.1 Å². The lowest BCUT2D eigenvalue weighted by molar-refractivity contribution is 0.102. The molecule has 0 aliphatic heterocycles. The number of benzene rings is 2. The van der Waals surface area contributed by atoms with Gasteiger partial charge in [-0.3, -0.25) is 4.79 Å². The first-order valence-corrected chi connectivity index (χ1v) is 8.49. The van der Waals surface area contributed by atoms with Gasteiger partial charge in [0.2, 0.25) is 0 Å². The van der Waals surface area contributed by atoms with Crippen LogP contribution < -0.4 is 10.6 Å². The van der Waals surface area contributed by atoms with Crippen LogP contribution >= 0.6 is 0 Å². The van der Waals surface area contributed by atoms with E-state index in [0.29, 0.717) is 17.3 Å². The minimum Gasteiger partial charge on any atom is -0.340 e. The molecule has 0 aliphatic carbocycles. The minimum atomic E-state index is -0.253. The largest absolute Gasteiger partial charge is 0.340 e. The molecule has 3 rings (SSSR count). The van der Waals surface area contributed by atoms with Crippen molar-refractivity contribution in [3.8, 4) is 0 Å². The van der Waals surface area contributed by atoms with Gasteiger partial charge < -0.3 is 10.6 Å². The van der Waals surface area contributed by atoms with Crippen LogP contribution in [0.5, 0.6) is 0 Å². The van der Waals surface area contributed by atoms with E-state index in [1.165, 1.54) is 0 Å². The monoisotopic (exact) mass is 346 g/mol. The van der Waals surface area contributed by atoms with Gasteiger partial charge in [0, 0.05) is 17.4 Å². The molecule has 1 aromatic heterocycles. The number of rotatable bonds is 4. The second-order valence-corrected chi connectivity index (χ2v) is 6.45. The molecule has 0 unspecified atom stereocenters. The third-order valence-electron chi connectivity index (χ3n) is 4.00. The maximum Gasteiger partial charge on any atom is 0.274 e. The van der Waals surface area contributed by atoms with E-state index in [2.05, 4.69) is 20.6 Å². The van der Waals surface area contributed by atoms with Gasteiger partial charge in [-0.15, -0.1) is 0 Å². The molecule has 5 heteroatoms. The van der Waals surface area contributed by atoms with Crippen LogP contribution in [-0.2, 0) is 0 Å². The number of hydrogen-bond acceptors (Lipinski definition) is 4. The summed E-state index contributed by atoms with van der Waals surface area (Å²) >= 11 is 0. The summed E-state index contributed by atoms with van der Waals surface area (Å²) < 4.78 is 0. The minimum absolute atomic E-state index is 0.253. The number of anilines is 3. The molecule has 0 atom stereocenters. The highest BCUT2D eigenvalue weighted by Crippen LogP contribution is 2.19. The summed E-state index contributed by atoms with van der Waals surface area (Å²) in [5.41, 5.74) is 5.28. The Bertz CT molecular complexity index is 966. The average Bonchev–Trinajstić information content (AvgIpc) is 2.57. The maximum absolute atomic E-state index is 12.7. The van der Waals surface area contributed by atoms with Crippen molar-refractivity contribution in [2.45, 2.75) is 27.7 Å². The van der Waals surface area contributed by atoms with E-state index in [-0.39, 0.29) is 5.91 Å². The van der Waals surface area contributed by atoms with Crippen LogP contribution in [0.15, 0.2) is 48.5 Å². The third kappa shape index (κ3) is 4.25. The van der Waals surface area contributed by atoms with Gasteiger partial charge >= 0.3 is 0 Å². The first-order valence-electron chi connectivity index (χ1n) is 8.49. The summed E-state index contributed by atoms with van der Waals surface area (Å²) in [5, 5.41) is 6.17. The molecule has 132 valence electrons. The van der Waals surface area contributed by atoms with E-state index in [1.54, 1.807) is 13.0 Å². The molecule has 0 aliphatic rings. The zero-order valence-corrected chi connectivity index (χ0v) is 15.4. The normalized spacial score (nSPS) is 10.5. The summed E-state index contributed by atoms with van der Waals surface area (Å²) in [6.07, 6.45) is 0. The third-order valence-corrected chi connectivity index (χ3v) is 4.00. The van der Waals surface area contributed by atoms with Crippen molar-refractivity contribution in [3.63, 3.8) is 0 Å². The summed E-state index contributed by atoms with van der Waals surface area (Å²) in [6.45, 7) is 7.76. The number of aryl methyl sites for hydroxylation is 4. The summed E-state index contributed by atoms with van der Waals surface area (Å²) in [7, 11) is 0. The Balaban J connectivity index is 1.84. The fraction of sp³-hybridized carbons (Fsp3) is 0.190. The number of carbonyl (C=O) groups is 1. The molecule has 1 amide bonds. The van der Waals surface area contributed by atoms with Crippen molar-refractivity contribution in [2.75, 3.05) is 10.6 Å². The molecular weight excluding hydrogens is 324 g/mol. The standard InChI is InChI=1S/C21H22N4O/c1-13-6-5-7-17(10-13)24-20-12-19(22-16(4)23-20)21(26)25-18-11-14(2)8-9-15(18)3/h5-12H,1-4H3,(H,25,26)(H,22,23,24). The van der Waals surface area contributed by atoms with Crippen LogP contribution in [0.4, 0.5) is 17.2 Å². The van der Waals surface area contributed by atoms with Gasteiger partial charge in [-0.2, -0.15) is 0 Å². The molecule has 0 saturated heterocycles. The number of nitrogens with one attached hydrogen (secondary N) is 2. The zero-order chi connectivity index (χ0) is 18.7. The van der Waals surface area contributed by atoms with Crippen molar-refractivity contribution in [2.24, 2.45) is 0 Å². The van der Waals surface area contributed by atoms with Crippen LogP contribution in [0.2, 0.25) is 0 Å². The average molecular weight is 346 g/mol. The lowest BCUT2D eigenvalue weighted by atomic mass is 10.1. The molecule has 2 aromatic carbocycles. The van der Waals surface area contributed by atoms with Crippen LogP contribution in [0.25, 0.3) is 0 Å². The van der Waals surface area contributed by atoms with Gasteiger partial charge in [-0.05, 0) is 62.6 Å². The van der Waals surface area contributed by atoms with Crippen molar-refractivity contribution in [3.05, 3.63) is 76.7 Å². The Labute approximate surface area is 153 Å². The number of carbonyl (C=O) groups excluding carboxylic acids is 1. The van der Waals surface area contributed by atoms with Crippen molar-refractivity contribution < 1.29 is 4.79 Å². The molecule has 26 heavy (non-hydrogen) atoms. The molecule has 0 radical (unpaired) electrons. The lowest BCUT2D eigenvalue weighted by Gasteiger charge is -2.11. The second kappa shape index (κ2) is 7.35. The van der Waals surface area contributed by atoms with Crippen LogP contribution in [0.3, 0.4) is 0 Å². The van der Waals surface area contributed by atoms with E-state index in [0.717, 1.165) is 28.1 Å². The first kappa shape index (κ1) is 17.6. The van der Waals surface area contributed by atoms with Crippen LogP contribution in [0, 0.1) is 27.7 Å². The highest BCUT2D eigenvalue weighted by molar-refractivity contribution is 6.03. The molecule has 0 fully saturated rings. The highest BCUT2D eigenvalue weighted by atomic mass is 16.1. The van der Waals surface area contributed by atoms with Gasteiger partial charge in [0.1, 0.15) is 17.3 Å². The van der Waals surface area contributed by atoms with Crippen molar-refractivity contribution in [1.82, 2.24) is 9.97 Å². The molecule has 0 saturated carbocycles. The van der Waals surface area contributed by atoms with Gasteiger partial charge in [0.05, 0.1) is 0 Å². The molecule has 1 heterocycles. The SMILES string of the molecule is Cc1cccc(Nc2cc(C(=O)Nc3cc(C)ccc3C)nc(C)n2)c1. The predicted octanol–water partition coefficient (Wildman–Crippen LogP) is 4.71. The smallest absolute Gasteiger partial charge is 0.274 e. The number of amides is 1. The zero-order valence-electron chi connectivity index (χ0n) is 15.4. The second-order valence-electron chi connectivity index (χ2n) is 6.45. The lowest BCUT2D eigenvalue weighted by Crippen LogP contribution is -2.16. The van der Waals surface area contributed by atoms with E-state index in [1.807, 2.05) is 63.2 Å². The van der Waals surface area contributed by atoms with Gasteiger partial charge in [-0.1, -0.05) is 24.3 Å². The number of hydrogen-bond donors (Lipinski definition) is 2. The van der Waals surface area contributed by atoms with Gasteiger partial charge in [-0.25, -0.2) is 9.97 Å². The topological polar surface area (TPSA) is 66.9 Å². The van der Waals surface area contributed by atoms with Crippen LogP contribution in [-0.4, -0.2) is 15.9 Å². The Morgan fingerprint density at radius 2 is 1.65 bits per heavy atom. The van der Waals surface area contributed by atoms with Gasteiger partial charge in [0.15, 0.2) is 0 Å². The summed E-state index contributed by atoms with van der Waals surface area (Å²) in [6, 6.07) is 15.6.